The molecule has 1 aliphatic heterocycles. The maximum absolute atomic E-state index is 13.5. The number of piperazine rings is 1. The monoisotopic (exact) mass is 629 g/mol. The maximum Gasteiger partial charge on any atom is 0.412 e. The third kappa shape index (κ3) is 8.30. The average molecular weight is 630 g/mol. The zero-order valence-electron chi connectivity index (χ0n) is 26.5. The molecule has 2 aromatic carbocycles. The Balaban J connectivity index is 1.30. The van der Waals surface area contributed by atoms with E-state index < -0.39 is 17.3 Å². The van der Waals surface area contributed by atoms with Gasteiger partial charge in [-0.05, 0) is 88.9 Å². The highest BCUT2D eigenvalue weighted by Crippen LogP contribution is 2.32. The van der Waals surface area contributed by atoms with Gasteiger partial charge in [0.2, 0.25) is 0 Å². The zero-order chi connectivity index (χ0) is 32.4. The Kier molecular flexibility index (Phi) is 9.01. The minimum atomic E-state index is -0.671. The van der Waals surface area contributed by atoms with Gasteiger partial charge < -0.3 is 24.6 Å². The molecule has 11 heteroatoms. The van der Waals surface area contributed by atoms with Crippen molar-refractivity contribution < 1.29 is 23.9 Å². The first kappa shape index (κ1) is 31.8. The standard InChI is InChI=1S/C34H39N5O5S/c1-33(2,3)43-31(41)37-26-12-10-23(29-8-7-17-45-29)19-28(26)36-30(40)24-18-22-9-11-25(20-27(22)35-21-24)38-13-15-39(16-14-38)32(42)44-34(4,5)6/h7-12,17-21H,13-16H2,1-6H3,(H,36,40)(H,37,41). The normalized spacial score (nSPS) is 13.8. The number of aromatic nitrogens is 1. The van der Waals surface area contributed by atoms with E-state index in [9.17, 15) is 14.4 Å². The minimum Gasteiger partial charge on any atom is -0.444 e. The van der Waals surface area contributed by atoms with E-state index in [0.717, 1.165) is 27.0 Å². The van der Waals surface area contributed by atoms with E-state index in [4.69, 9.17) is 9.47 Å². The summed E-state index contributed by atoms with van der Waals surface area (Å²) in [5, 5.41) is 8.52. The van der Waals surface area contributed by atoms with E-state index in [1.54, 1.807) is 55.3 Å². The summed E-state index contributed by atoms with van der Waals surface area (Å²) < 4.78 is 10.9. The Morgan fingerprint density at radius 3 is 2.22 bits per heavy atom. The number of carbonyl (C=O) groups is 3. The van der Waals surface area contributed by atoms with Crippen molar-refractivity contribution in [2.45, 2.75) is 52.7 Å². The first-order chi connectivity index (χ1) is 21.2. The molecule has 45 heavy (non-hydrogen) atoms. The molecule has 0 atom stereocenters. The number of anilines is 3. The number of hydrogen-bond donors (Lipinski definition) is 2. The van der Waals surface area contributed by atoms with Gasteiger partial charge in [-0.1, -0.05) is 18.2 Å². The number of amides is 3. The van der Waals surface area contributed by atoms with Crippen molar-refractivity contribution >= 4 is 57.4 Å². The number of ether oxygens (including phenoxy) is 2. The predicted octanol–water partition coefficient (Wildman–Crippen LogP) is 7.62. The van der Waals surface area contributed by atoms with Crippen LogP contribution in [0.15, 0.2) is 66.2 Å². The molecule has 5 rings (SSSR count). The number of hydrogen-bond acceptors (Lipinski definition) is 8. The first-order valence-corrected chi connectivity index (χ1v) is 15.7. The topological polar surface area (TPSA) is 113 Å². The highest BCUT2D eigenvalue weighted by atomic mass is 32.1. The van der Waals surface area contributed by atoms with Crippen molar-refractivity contribution in [1.29, 1.82) is 0 Å². The van der Waals surface area contributed by atoms with Crippen LogP contribution in [0.4, 0.5) is 26.7 Å². The van der Waals surface area contributed by atoms with Crippen molar-refractivity contribution in [2.75, 3.05) is 41.7 Å². The lowest BCUT2D eigenvalue weighted by molar-refractivity contribution is 0.0240. The predicted molar refractivity (Wildman–Crippen MR) is 179 cm³/mol. The summed E-state index contributed by atoms with van der Waals surface area (Å²) in [6, 6.07) is 17.2. The molecule has 1 fully saturated rings. The highest BCUT2D eigenvalue weighted by molar-refractivity contribution is 7.13. The molecule has 0 aliphatic carbocycles. The molecule has 0 bridgehead atoms. The van der Waals surface area contributed by atoms with Gasteiger partial charge in [0.05, 0.1) is 22.5 Å². The second kappa shape index (κ2) is 12.8. The van der Waals surface area contributed by atoms with E-state index in [2.05, 4.69) is 20.5 Å². The van der Waals surface area contributed by atoms with Gasteiger partial charge in [0, 0.05) is 48.3 Å². The molecule has 0 saturated carbocycles. The van der Waals surface area contributed by atoms with E-state index in [1.807, 2.05) is 68.6 Å². The number of thiophene rings is 1. The molecule has 0 unspecified atom stereocenters. The molecule has 10 nitrogen and oxygen atoms in total. The fourth-order valence-corrected chi connectivity index (χ4v) is 5.59. The van der Waals surface area contributed by atoms with Crippen molar-refractivity contribution in [3.8, 4) is 10.4 Å². The van der Waals surface area contributed by atoms with Gasteiger partial charge >= 0.3 is 12.2 Å². The Bertz CT molecular complexity index is 1700. The molecule has 4 aromatic rings. The third-order valence-electron chi connectivity index (χ3n) is 6.94. The second-order valence-corrected chi connectivity index (χ2v) is 13.8. The number of nitrogens with zero attached hydrogens (tertiary/aromatic N) is 3. The third-order valence-corrected chi connectivity index (χ3v) is 7.85. The number of nitrogens with one attached hydrogen (secondary N) is 2. The molecular formula is C34H39N5O5S. The van der Waals surface area contributed by atoms with E-state index in [1.165, 1.54) is 0 Å². The van der Waals surface area contributed by atoms with Gasteiger partial charge in [-0.3, -0.25) is 15.1 Å². The summed E-state index contributed by atoms with van der Waals surface area (Å²) in [7, 11) is 0. The Morgan fingerprint density at radius 2 is 1.56 bits per heavy atom. The van der Waals surface area contributed by atoms with Crippen molar-refractivity contribution in [3.63, 3.8) is 0 Å². The number of carbonyl (C=O) groups excluding carboxylic acids is 3. The maximum atomic E-state index is 13.5. The van der Waals surface area contributed by atoms with E-state index in [-0.39, 0.29) is 12.0 Å². The van der Waals surface area contributed by atoms with Crippen LogP contribution in [0, 0.1) is 0 Å². The highest BCUT2D eigenvalue weighted by Gasteiger charge is 2.26. The number of fused-ring (bicyclic) bond motifs is 1. The minimum absolute atomic E-state index is 0.292. The largest absolute Gasteiger partial charge is 0.444 e. The first-order valence-electron chi connectivity index (χ1n) is 14.9. The van der Waals surface area contributed by atoms with E-state index in [0.29, 0.717) is 43.1 Å². The lowest BCUT2D eigenvalue weighted by Crippen LogP contribution is -2.50. The number of pyridine rings is 1. The lowest BCUT2D eigenvalue weighted by atomic mass is 10.1. The lowest BCUT2D eigenvalue weighted by Gasteiger charge is -2.36. The number of rotatable bonds is 5. The number of benzene rings is 2. The van der Waals surface area contributed by atoms with Gasteiger partial charge in [-0.15, -0.1) is 11.3 Å². The van der Waals surface area contributed by atoms with Crippen molar-refractivity contribution in [2.24, 2.45) is 0 Å². The summed E-state index contributed by atoms with van der Waals surface area (Å²) in [4.78, 5) is 48.0. The molecule has 2 N–H and O–H groups in total. The Labute approximate surface area is 267 Å². The SMILES string of the molecule is CC(C)(C)OC(=O)Nc1ccc(-c2cccs2)cc1NC(=O)c1cnc2cc(N3CCN(C(=O)OC(C)(C)C)CC3)ccc2c1. The van der Waals surface area contributed by atoms with Gasteiger partial charge in [0.15, 0.2) is 0 Å². The summed E-state index contributed by atoms with van der Waals surface area (Å²) in [5.74, 6) is -0.359. The molecule has 0 radical (unpaired) electrons. The van der Waals surface area contributed by atoms with E-state index >= 15 is 0 Å². The molecule has 2 aromatic heterocycles. The fraction of sp³-hybridized carbons (Fsp3) is 0.353. The van der Waals surface area contributed by atoms with Crippen LogP contribution in [0.3, 0.4) is 0 Å². The molecular weight excluding hydrogens is 590 g/mol. The van der Waals surface area contributed by atoms with Crippen LogP contribution in [0.25, 0.3) is 21.3 Å². The van der Waals surface area contributed by atoms with Gasteiger partial charge in [-0.25, -0.2) is 9.59 Å². The molecule has 236 valence electrons. The molecule has 3 amide bonds. The average Bonchev–Trinajstić information content (AvgIpc) is 3.51. The molecule has 0 spiro atoms. The van der Waals surface area contributed by atoms with Crippen LogP contribution in [-0.2, 0) is 9.47 Å². The zero-order valence-corrected chi connectivity index (χ0v) is 27.3. The molecule has 1 saturated heterocycles. The quantitative estimate of drug-likeness (QED) is 0.234. The van der Waals surface area contributed by atoms with Crippen molar-refractivity contribution in [1.82, 2.24) is 9.88 Å². The summed E-state index contributed by atoms with van der Waals surface area (Å²) >= 11 is 1.58. The van der Waals surface area contributed by atoms with Crippen LogP contribution >= 0.6 is 11.3 Å². The molecule has 1 aliphatic rings. The van der Waals surface area contributed by atoms with Crippen LogP contribution in [0.5, 0.6) is 0 Å². The Hall–Kier alpha value is -4.64. The smallest absolute Gasteiger partial charge is 0.412 e. The van der Waals surface area contributed by atoms with Crippen LogP contribution in [-0.4, -0.2) is 65.4 Å². The van der Waals surface area contributed by atoms with Crippen LogP contribution in [0.1, 0.15) is 51.9 Å². The van der Waals surface area contributed by atoms with Gasteiger partial charge in [0.25, 0.3) is 5.91 Å². The summed E-state index contributed by atoms with van der Waals surface area (Å²) in [6.07, 6.45) is 0.641. The molecule has 3 heterocycles. The fourth-order valence-electron chi connectivity index (χ4n) is 4.87. The Morgan fingerprint density at radius 1 is 0.822 bits per heavy atom. The van der Waals surface area contributed by atoms with Gasteiger partial charge in [0.1, 0.15) is 11.2 Å². The summed E-state index contributed by atoms with van der Waals surface area (Å²) in [6.45, 7) is 13.4. The van der Waals surface area contributed by atoms with Crippen LogP contribution in [0.2, 0.25) is 0 Å². The van der Waals surface area contributed by atoms with Crippen LogP contribution < -0.4 is 15.5 Å². The van der Waals surface area contributed by atoms with Gasteiger partial charge in [-0.2, -0.15) is 0 Å². The van der Waals surface area contributed by atoms with Crippen molar-refractivity contribution in [3.05, 3.63) is 71.7 Å². The summed E-state index contributed by atoms with van der Waals surface area (Å²) in [5.41, 5.74) is 2.71. The second-order valence-electron chi connectivity index (χ2n) is 12.9.